The predicted molar refractivity (Wildman–Crippen MR) is 71.7 cm³/mol. The maximum atomic E-state index is 10.8. The zero-order chi connectivity index (χ0) is 12.5. The van der Waals surface area contributed by atoms with Crippen LogP contribution in [0.4, 0.5) is 0 Å². The largest absolute Gasteiger partial charge is 0.465 e. The third-order valence-electron chi connectivity index (χ3n) is 4.08. The summed E-state index contributed by atoms with van der Waals surface area (Å²) in [4.78, 5) is 0. The summed E-state index contributed by atoms with van der Waals surface area (Å²) in [6.07, 6.45) is 6.64. The highest BCUT2D eigenvalue weighted by atomic mass is 79.9. The first-order valence-corrected chi connectivity index (χ1v) is 7.28. The van der Waals surface area contributed by atoms with Crippen LogP contribution >= 0.6 is 15.9 Å². The highest BCUT2D eigenvalue weighted by Crippen LogP contribution is 2.42. The summed E-state index contributed by atoms with van der Waals surface area (Å²) in [5, 5.41) is 10.8. The van der Waals surface area contributed by atoms with Gasteiger partial charge in [-0.05, 0) is 59.5 Å². The highest BCUT2D eigenvalue weighted by molar-refractivity contribution is 9.10. The van der Waals surface area contributed by atoms with Crippen LogP contribution in [0.1, 0.15) is 51.7 Å². The van der Waals surface area contributed by atoms with E-state index in [-0.39, 0.29) is 0 Å². The molecule has 0 bridgehead atoms. The molecule has 0 amide bonds. The van der Waals surface area contributed by atoms with E-state index in [0.717, 1.165) is 36.1 Å². The van der Waals surface area contributed by atoms with E-state index in [2.05, 4.69) is 29.8 Å². The van der Waals surface area contributed by atoms with Crippen LogP contribution in [0.2, 0.25) is 0 Å². The number of hydrogen-bond donors (Lipinski definition) is 1. The lowest BCUT2D eigenvalue weighted by molar-refractivity contribution is -0.00247. The molecule has 2 rings (SSSR count). The Kier molecular flexibility index (Phi) is 3.99. The van der Waals surface area contributed by atoms with Crippen molar-refractivity contribution < 1.29 is 9.52 Å². The maximum absolute atomic E-state index is 10.8. The summed E-state index contributed by atoms with van der Waals surface area (Å²) in [7, 11) is 0. The van der Waals surface area contributed by atoms with Gasteiger partial charge in [0.25, 0.3) is 0 Å². The lowest BCUT2D eigenvalue weighted by atomic mass is 9.87. The Labute approximate surface area is 112 Å². The van der Waals surface area contributed by atoms with Crippen LogP contribution in [0.25, 0.3) is 0 Å². The number of rotatable bonds is 2. The molecule has 1 aromatic heterocycles. The van der Waals surface area contributed by atoms with E-state index < -0.39 is 5.60 Å². The standard InChI is InChI=1S/C14H21BrO2/c1-10(2)11-4-3-7-14(16,8-5-11)13-12(15)6-9-17-13/h6,9-11,16H,3-5,7-8H2,1-2H3. The fraction of sp³-hybridized carbons (Fsp3) is 0.714. The minimum absolute atomic E-state index is 0.706. The van der Waals surface area contributed by atoms with Crippen LogP contribution in [-0.4, -0.2) is 5.11 Å². The van der Waals surface area contributed by atoms with E-state index in [0.29, 0.717) is 11.7 Å². The van der Waals surface area contributed by atoms with Gasteiger partial charge >= 0.3 is 0 Å². The molecule has 2 atom stereocenters. The van der Waals surface area contributed by atoms with Gasteiger partial charge in [-0.25, -0.2) is 0 Å². The van der Waals surface area contributed by atoms with Crippen molar-refractivity contribution in [1.82, 2.24) is 0 Å². The molecule has 0 saturated heterocycles. The van der Waals surface area contributed by atoms with Gasteiger partial charge in [0.2, 0.25) is 0 Å². The zero-order valence-corrected chi connectivity index (χ0v) is 12.2. The van der Waals surface area contributed by atoms with E-state index in [1.54, 1.807) is 6.26 Å². The van der Waals surface area contributed by atoms with E-state index in [1.165, 1.54) is 6.42 Å². The molecular weight excluding hydrogens is 280 g/mol. The fourth-order valence-corrected chi connectivity index (χ4v) is 3.44. The lowest BCUT2D eigenvalue weighted by Gasteiger charge is -2.25. The van der Waals surface area contributed by atoms with Crippen LogP contribution < -0.4 is 0 Å². The summed E-state index contributed by atoms with van der Waals surface area (Å²) < 4.78 is 6.35. The molecule has 1 heterocycles. The van der Waals surface area contributed by atoms with Crippen molar-refractivity contribution in [3.05, 3.63) is 22.6 Å². The quantitative estimate of drug-likeness (QED) is 0.818. The first-order chi connectivity index (χ1) is 8.03. The Morgan fingerprint density at radius 2 is 2.18 bits per heavy atom. The molecular formula is C14H21BrO2. The van der Waals surface area contributed by atoms with Gasteiger partial charge in [0.05, 0.1) is 10.7 Å². The second kappa shape index (κ2) is 5.15. The van der Waals surface area contributed by atoms with Crippen molar-refractivity contribution >= 4 is 15.9 Å². The van der Waals surface area contributed by atoms with Crippen molar-refractivity contribution in [2.45, 2.75) is 51.6 Å². The van der Waals surface area contributed by atoms with Crippen LogP contribution in [0.3, 0.4) is 0 Å². The molecule has 1 aliphatic carbocycles. The molecule has 17 heavy (non-hydrogen) atoms. The van der Waals surface area contributed by atoms with Gasteiger partial charge < -0.3 is 9.52 Å². The average molecular weight is 301 g/mol. The lowest BCUT2D eigenvalue weighted by Crippen LogP contribution is -2.24. The molecule has 1 aliphatic rings. The van der Waals surface area contributed by atoms with Gasteiger partial charge in [-0.15, -0.1) is 0 Å². The van der Waals surface area contributed by atoms with E-state index in [4.69, 9.17) is 4.42 Å². The second-order valence-corrected chi connectivity index (χ2v) is 6.42. The molecule has 1 fully saturated rings. The van der Waals surface area contributed by atoms with Crippen LogP contribution in [-0.2, 0) is 5.60 Å². The summed E-state index contributed by atoms with van der Waals surface area (Å²) in [5.41, 5.74) is -0.772. The smallest absolute Gasteiger partial charge is 0.149 e. The monoisotopic (exact) mass is 300 g/mol. The van der Waals surface area contributed by atoms with E-state index in [1.807, 2.05) is 6.07 Å². The Morgan fingerprint density at radius 1 is 1.41 bits per heavy atom. The predicted octanol–water partition coefficient (Wildman–Crippen LogP) is 4.47. The van der Waals surface area contributed by atoms with Gasteiger partial charge in [0.15, 0.2) is 0 Å². The number of hydrogen-bond acceptors (Lipinski definition) is 2. The summed E-state index contributed by atoms with van der Waals surface area (Å²) in [5.74, 6) is 2.15. The Morgan fingerprint density at radius 3 is 2.76 bits per heavy atom. The van der Waals surface area contributed by atoms with Crippen molar-refractivity contribution in [1.29, 1.82) is 0 Å². The molecule has 2 nitrogen and oxygen atoms in total. The molecule has 2 unspecified atom stereocenters. The first kappa shape index (κ1) is 13.2. The third kappa shape index (κ3) is 2.76. The van der Waals surface area contributed by atoms with Gasteiger partial charge in [-0.1, -0.05) is 20.3 Å². The molecule has 0 spiro atoms. The minimum Gasteiger partial charge on any atom is -0.465 e. The van der Waals surface area contributed by atoms with Crippen molar-refractivity contribution in [2.24, 2.45) is 11.8 Å². The highest BCUT2D eigenvalue weighted by Gasteiger charge is 2.37. The molecule has 3 heteroatoms. The van der Waals surface area contributed by atoms with Crippen LogP contribution in [0, 0.1) is 11.8 Å². The third-order valence-corrected chi connectivity index (χ3v) is 4.70. The topological polar surface area (TPSA) is 33.4 Å². The number of aliphatic hydroxyl groups is 1. The Balaban J connectivity index is 2.15. The SMILES string of the molecule is CC(C)C1CCCC(O)(c2occc2Br)CC1. The zero-order valence-electron chi connectivity index (χ0n) is 10.6. The molecule has 0 aliphatic heterocycles. The molecule has 1 aromatic rings. The van der Waals surface area contributed by atoms with E-state index in [9.17, 15) is 5.11 Å². The number of halogens is 1. The van der Waals surface area contributed by atoms with Crippen molar-refractivity contribution in [3.63, 3.8) is 0 Å². The van der Waals surface area contributed by atoms with E-state index >= 15 is 0 Å². The molecule has 0 radical (unpaired) electrons. The van der Waals surface area contributed by atoms with Crippen molar-refractivity contribution in [2.75, 3.05) is 0 Å². The average Bonchev–Trinajstić information content (AvgIpc) is 2.59. The van der Waals surface area contributed by atoms with Gasteiger partial charge in [-0.3, -0.25) is 0 Å². The van der Waals surface area contributed by atoms with Gasteiger partial charge in [0.1, 0.15) is 11.4 Å². The molecule has 1 saturated carbocycles. The van der Waals surface area contributed by atoms with Gasteiger partial charge in [0, 0.05) is 0 Å². The number of furan rings is 1. The molecule has 1 N–H and O–H groups in total. The normalized spacial score (nSPS) is 30.5. The fourth-order valence-electron chi connectivity index (χ4n) is 2.87. The molecule has 0 aromatic carbocycles. The molecule has 96 valence electrons. The van der Waals surface area contributed by atoms with Crippen LogP contribution in [0.5, 0.6) is 0 Å². The maximum Gasteiger partial charge on any atom is 0.149 e. The summed E-state index contributed by atoms with van der Waals surface area (Å²) in [6.45, 7) is 4.55. The summed E-state index contributed by atoms with van der Waals surface area (Å²) in [6, 6.07) is 1.86. The summed E-state index contributed by atoms with van der Waals surface area (Å²) >= 11 is 3.45. The van der Waals surface area contributed by atoms with Gasteiger partial charge in [-0.2, -0.15) is 0 Å². The van der Waals surface area contributed by atoms with Crippen molar-refractivity contribution in [3.8, 4) is 0 Å². The Hall–Kier alpha value is -0.280. The van der Waals surface area contributed by atoms with Crippen LogP contribution in [0.15, 0.2) is 21.2 Å². The Bertz CT molecular complexity index is 372. The first-order valence-electron chi connectivity index (χ1n) is 6.49. The minimum atomic E-state index is -0.772. The second-order valence-electron chi connectivity index (χ2n) is 5.56.